The zero-order valence-corrected chi connectivity index (χ0v) is 10.5. The van der Waals surface area contributed by atoms with Crippen LogP contribution in [0.4, 0.5) is 0 Å². The molecular formula is C13H16ClN3. The number of aromatic amines is 1. The van der Waals surface area contributed by atoms with E-state index in [2.05, 4.69) is 16.9 Å². The van der Waals surface area contributed by atoms with Crippen molar-refractivity contribution >= 4 is 11.6 Å². The Bertz CT molecular complexity index is 493. The molecule has 0 saturated heterocycles. The van der Waals surface area contributed by atoms with Crippen LogP contribution in [0.25, 0.3) is 11.3 Å². The number of nitrogens with zero attached hydrogens (tertiary/aromatic N) is 1. The molecule has 0 radical (unpaired) electrons. The van der Waals surface area contributed by atoms with Gasteiger partial charge in [-0.2, -0.15) is 0 Å². The van der Waals surface area contributed by atoms with Crippen LogP contribution in [0, 0.1) is 0 Å². The number of hydrogen-bond donors (Lipinski definition) is 2. The lowest BCUT2D eigenvalue weighted by Gasteiger charge is -2.06. The zero-order valence-electron chi connectivity index (χ0n) is 9.78. The average molecular weight is 250 g/mol. The van der Waals surface area contributed by atoms with Crippen molar-refractivity contribution in [3.8, 4) is 11.3 Å². The van der Waals surface area contributed by atoms with Crippen molar-refractivity contribution < 1.29 is 0 Å². The molecule has 3 nitrogen and oxygen atoms in total. The Hall–Kier alpha value is -1.32. The molecule has 1 heterocycles. The first-order valence-electron chi connectivity index (χ1n) is 5.77. The van der Waals surface area contributed by atoms with Crippen molar-refractivity contribution in [1.82, 2.24) is 9.97 Å². The van der Waals surface area contributed by atoms with E-state index in [-0.39, 0.29) is 6.04 Å². The van der Waals surface area contributed by atoms with Crippen molar-refractivity contribution in [3.05, 3.63) is 41.3 Å². The van der Waals surface area contributed by atoms with Gasteiger partial charge >= 0.3 is 0 Å². The molecule has 17 heavy (non-hydrogen) atoms. The van der Waals surface area contributed by atoms with Gasteiger partial charge in [0, 0.05) is 10.6 Å². The van der Waals surface area contributed by atoms with Crippen LogP contribution >= 0.6 is 11.6 Å². The Morgan fingerprint density at radius 2 is 2.18 bits per heavy atom. The van der Waals surface area contributed by atoms with E-state index in [4.69, 9.17) is 17.3 Å². The second kappa shape index (κ2) is 5.34. The molecule has 2 rings (SSSR count). The van der Waals surface area contributed by atoms with Crippen molar-refractivity contribution in [3.63, 3.8) is 0 Å². The Morgan fingerprint density at radius 1 is 1.41 bits per heavy atom. The maximum atomic E-state index is 6.13. The van der Waals surface area contributed by atoms with Crippen LogP contribution in [-0.2, 0) is 0 Å². The van der Waals surface area contributed by atoms with Crippen molar-refractivity contribution in [2.45, 2.75) is 25.8 Å². The molecule has 0 bridgehead atoms. The highest BCUT2D eigenvalue weighted by atomic mass is 35.5. The van der Waals surface area contributed by atoms with Crippen LogP contribution in [0.15, 0.2) is 30.5 Å². The topological polar surface area (TPSA) is 54.7 Å². The van der Waals surface area contributed by atoms with E-state index in [1.54, 1.807) is 6.20 Å². The average Bonchev–Trinajstić information content (AvgIpc) is 2.79. The highest BCUT2D eigenvalue weighted by molar-refractivity contribution is 6.33. The first-order chi connectivity index (χ1) is 8.22. The van der Waals surface area contributed by atoms with E-state index in [9.17, 15) is 0 Å². The largest absolute Gasteiger partial charge is 0.341 e. The van der Waals surface area contributed by atoms with Gasteiger partial charge in [-0.3, -0.25) is 0 Å². The number of benzene rings is 1. The van der Waals surface area contributed by atoms with Gasteiger partial charge < -0.3 is 10.7 Å². The van der Waals surface area contributed by atoms with Gasteiger partial charge in [0.15, 0.2) is 0 Å². The fraction of sp³-hybridized carbons (Fsp3) is 0.308. The fourth-order valence-corrected chi connectivity index (χ4v) is 2.03. The Morgan fingerprint density at radius 3 is 2.88 bits per heavy atom. The number of halogens is 1. The molecule has 0 spiro atoms. The molecule has 2 aromatic rings. The van der Waals surface area contributed by atoms with Crippen molar-refractivity contribution in [2.75, 3.05) is 0 Å². The third-order valence-electron chi connectivity index (χ3n) is 2.71. The quantitative estimate of drug-likeness (QED) is 0.871. The zero-order chi connectivity index (χ0) is 12.3. The lowest BCUT2D eigenvalue weighted by molar-refractivity contribution is 0.609. The van der Waals surface area contributed by atoms with Gasteiger partial charge in [0.25, 0.3) is 0 Å². The van der Waals surface area contributed by atoms with Crippen molar-refractivity contribution in [2.24, 2.45) is 5.73 Å². The van der Waals surface area contributed by atoms with Gasteiger partial charge in [-0.25, -0.2) is 4.98 Å². The minimum Gasteiger partial charge on any atom is -0.341 e. The predicted octanol–water partition coefficient (Wildman–Crippen LogP) is 3.53. The molecule has 1 unspecified atom stereocenters. The molecule has 90 valence electrons. The van der Waals surface area contributed by atoms with Crippen molar-refractivity contribution in [1.29, 1.82) is 0 Å². The number of rotatable bonds is 4. The van der Waals surface area contributed by atoms with Gasteiger partial charge in [0.2, 0.25) is 0 Å². The summed E-state index contributed by atoms with van der Waals surface area (Å²) in [5.74, 6) is 0.821. The summed E-state index contributed by atoms with van der Waals surface area (Å²) in [6.07, 6.45) is 3.75. The highest BCUT2D eigenvalue weighted by Crippen LogP contribution is 2.26. The Labute approximate surface area is 106 Å². The summed E-state index contributed by atoms with van der Waals surface area (Å²) in [4.78, 5) is 7.55. The number of nitrogens with two attached hydrogens (primary N) is 1. The van der Waals surface area contributed by atoms with Gasteiger partial charge in [-0.1, -0.05) is 43.1 Å². The molecule has 0 aliphatic carbocycles. The third kappa shape index (κ3) is 2.68. The van der Waals surface area contributed by atoms with Crippen LogP contribution in [0.1, 0.15) is 31.6 Å². The van der Waals surface area contributed by atoms with Crippen LogP contribution in [0.2, 0.25) is 5.02 Å². The maximum absolute atomic E-state index is 6.13. The third-order valence-corrected chi connectivity index (χ3v) is 3.04. The lowest BCUT2D eigenvalue weighted by atomic mass is 10.1. The number of imidazole rings is 1. The van der Waals surface area contributed by atoms with Gasteiger partial charge in [-0.15, -0.1) is 0 Å². The van der Waals surface area contributed by atoms with Crippen LogP contribution in [0.5, 0.6) is 0 Å². The van der Waals surface area contributed by atoms with Gasteiger partial charge in [0.05, 0.1) is 17.9 Å². The van der Waals surface area contributed by atoms with Crippen LogP contribution in [0.3, 0.4) is 0 Å². The fourth-order valence-electron chi connectivity index (χ4n) is 1.79. The van der Waals surface area contributed by atoms with Gasteiger partial charge in [0.1, 0.15) is 5.82 Å². The second-order valence-electron chi connectivity index (χ2n) is 4.06. The van der Waals surface area contributed by atoms with Crippen LogP contribution < -0.4 is 5.73 Å². The molecule has 0 fully saturated rings. The molecule has 3 N–H and O–H groups in total. The summed E-state index contributed by atoms with van der Waals surface area (Å²) in [7, 11) is 0. The summed E-state index contributed by atoms with van der Waals surface area (Å²) in [5, 5.41) is 0.715. The molecule has 1 atom stereocenters. The van der Waals surface area contributed by atoms with E-state index < -0.39 is 0 Å². The molecule has 0 saturated carbocycles. The Balaban J connectivity index is 2.27. The number of aromatic nitrogens is 2. The molecule has 0 aliphatic rings. The second-order valence-corrected chi connectivity index (χ2v) is 4.46. The number of hydrogen-bond acceptors (Lipinski definition) is 2. The molecule has 1 aromatic heterocycles. The smallest absolute Gasteiger partial charge is 0.123 e. The number of nitrogens with one attached hydrogen (secondary N) is 1. The lowest BCUT2D eigenvalue weighted by Crippen LogP contribution is -2.11. The molecule has 4 heteroatoms. The summed E-state index contributed by atoms with van der Waals surface area (Å²) in [6.45, 7) is 2.11. The van der Waals surface area contributed by atoms with Gasteiger partial charge in [-0.05, 0) is 12.5 Å². The maximum Gasteiger partial charge on any atom is 0.123 e. The molecular weight excluding hydrogens is 234 g/mol. The summed E-state index contributed by atoms with van der Waals surface area (Å²) in [6, 6.07) is 7.66. The van der Waals surface area contributed by atoms with E-state index in [1.807, 2.05) is 24.3 Å². The minimum atomic E-state index is -0.0313. The number of H-pyrrole nitrogens is 1. The SMILES string of the molecule is CCCC(N)c1ncc(-c2ccccc2Cl)[nH]1. The first kappa shape index (κ1) is 12.1. The molecule has 0 amide bonds. The minimum absolute atomic E-state index is 0.0313. The Kier molecular flexibility index (Phi) is 3.82. The monoisotopic (exact) mass is 249 g/mol. The summed E-state index contributed by atoms with van der Waals surface area (Å²) in [5.41, 5.74) is 7.88. The van der Waals surface area contributed by atoms with E-state index in [0.29, 0.717) is 5.02 Å². The van der Waals surface area contributed by atoms with Crippen LogP contribution in [-0.4, -0.2) is 9.97 Å². The predicted molar refractivity (Wildman–Crippen MR) is 70.9 cm³/mol. The van der Waals surface area contributed by atoms with E-state index >= 15 is 0 Å². The normalized spacial score (nSPS) is 12.6. The first-order valence-corrected chi connectivity index (χ1v) is 6.15. The van der Waals surface area contributed by atoms with E-state index in [0.717, 1.165) is 29.9 Å². The van der Waals surface area contributed by atoms with E-state index in [1.165, 1.54) is 0 Å². The molecule has 0 aliphatic heterocycles. The summed E-state index contributed by atoms with van der Waals surface area (Å²) >= 11 is 6.13. The summed E-state index contributed by atoms with van der Waals surface area (Å²) < 4.78 is 0. The molecule has 1 aromatic carbocycles. The highest BCUT2D eigenvalue weighted by Gasteiger charge is 2.11. The standard InChI is InChI=1S/C13H16ClN3/c1-2-5-11(15)13-16-8-12(17-13)9-6-3-4-7-10(9)14/h3-4,6-8,11H,2,5,15H2,1H3,(H,16,17).